The highest BCUT2D eigenvalue weighted by molar-refractivity contribution is 6.06. The number of hydrogen-bond donors (Lipinski definition) is 2. The van der Waals surface area contributed by atoms with Crippen molar-refractivity contribution in [1.82, 2.24) is 10.6 Å². The van der Waals surface area contributed by atoms with Crippen LogP contribution in [0.4, 0.5) is 0 Å². The Hall–Kier alpha value is -4.18. The van der Waals surface area contributed by atoms with Crippen LogP contribution < -0.4 is 10.6 Å². The smallest absolute Gasteiger partial charge is 0.252 e. The maximum Gasteiger partial charge on any atom is 0.252 e. The molecule has 0 aliphatic carbocycles. The van der Waals surface area contributed by atoms with Crippen molar-refractivity contribution < 1.29 is 9.59 Å². The van der Waals surface area contributed by atoms with Gasteiger partial charge in [0, 0.05) is 11.1 Å². The van der Waals surface area contributed by atoms with E-state index in [-0.39, 0.29) is 23.9 Å². The minimum Gasteiger partial charge on any atom is -0.345 e. The Kier molecular flexibility index (Phi) is 7.19. The Morgan fingerprint density at radius 3 is 1.21 bits per heavy atom. The highest BCUT2D eigenvalue weighted by Gasteiger charge is 2.20. The molecule has 4 aromatic rings. The Morgan fingerprint density at radius 1 is 0.500 bits per heavy atom. The molecule has 2 unspecified atom stereocenters. The van der Waals surface area contributed by atoms with Gasteiger partial charge < -0.3 is 10.6 Å². The van der Waals surface area contributed by atoms with Crippen LogP contribution in [0, 0.1) is 0 Å². The molecule has 4 aromatic carbocycles. The Balaban J connectivity index is 1.61. The SMILES string of the molecule is CC(NC(=O)c1ccccc1-c1ccccc1C(=O)NC(C)c1ccccc1)c1ccccc1. The van der Waals surface area contributed by atoms with Crippen LogP contribution in [0.1, 0.15) is 57.8 Å². The lowest BCUT2D eigenvalue weighted by Crippen LogP contribution is -2.28. The van der Waals surface area contributed by atoms with Gasteiger partial charge in [-0.2, -0.15) is 0 Å². The van der Waals surface area contributed by atoms with E-state index in [0.717, 1.165) is 22.3 Å². The topological polar surface area (TPSA) is 58.2 Å². The number of nitrogens with one attached hydrogen (secondary N) is 2. The molecular formula is C30H28N2O2. The largest absolute Gasteiger partial charge is 0.345 e. The lowest BCUT2D eigenvalue weighted by molar-refractivity contribution is 0.0930. The van der Waals surface area contributed by atoms with Gasteiger partial charge >= 0.3 is 0 Å². The predicted molar refractivity (Wildman–Crippen MR) is 137 cm³/mol. The highest BCUT2D eigenvalue weighted by atomic mass is 16.2. The molecule has 170 valence electrons. The second kappa shape index (κ2) is 10.6. The minimum absolute atomic E-state index is 0.146. The maximum absolute atomic E-state index is 13.3. The molecule has 0 aromatic heterocycles. The molecule has 0 radical (unpaired) electrons. The molecule has 34 heavy (non-hydrogen) atoms. The van der Waals surface area contributed by atoms with Crippen molar-refractivity contribution in [2.24, 2.45) is 0 Å². The van der Waals surface area contributed by atoms with E-state index in [1.54, 1.807) is 12.1 Å². The first-order chi connectivity index (χ1) is 16.5. The average Bonchev–Trinajstić information content (AvgIpc) is 2.89. The fraction of sp³-hybridized carbons (Fsp3) is 0.133. The molecule has 2 amide bonds. The molecule has 0 saturated carbocycles. The summed E-state index contributed by atoms with van der Waals surface area (Å²) in [5.74, 6) is -0.361. The van der Waals surface area contributed by atoms with Crippen LogP contribution in [-0.4, -0.2) is 11.8 Å². The quantitative estimate of drug-likeness (QED) is 0.347. The van der Waals surface area contributed by atoms with Crippen LogP contribution in [0.25, 0.3) is 11.1 Å². The fourth-order valence-corrected chi connectivity index (χ4v) is 4.03. The molecule has 0 bridgehead atoms. The van der Waals surface area contributed by atoms with E-state index < -0.39 is 0 Å². The van der Waals surface area contributed by atoms with Crippen LogP contribution in [0.15, 0.2) is 109 Å². The van der Waals surface area contributed by atoms with Gasteiger partial charge in [-0.25, -0.2) is 0 Å². The highest BCUT2D eigenvalue weighted by Crippen LogP contribution is 2.28. The van der Waals surface area contributed by atoms with Gasteiger partial charge in [-0.3, -0.25) is 9.59 Å². The lowest BCUT2D eigenvalue weighted by Gasteiger charge is -2.19. The van der Waals surface area contributed by atoms with Gasteiger partial charge in [0.15, 0.2) is 0 Å². The van der Waals surface area contributed by atoms with Gasteiger partial charge in [-0.1, -0.05) is 97.1 Å². The molecule has 2 N–H and O–H groups in total. The van der Waals surface area contributed by atoms with Gasteiger partial charge in [0.2, 0.25) is 0 Å². The van der Waals surface area contributed by atoms with Crippen molar-refractivity contribution in [3.05, 3.63) is 131 Å². The Bertz CT molecular complexity index is 1170. The van der Waals surface area contributed by atoms with E-state index >= 15 is 0 Å². The Labute approximate surface area is 200 Å². The molecule has 0 saturated heterocycles. The molecular weight excluding hydrogens is 420 g/mol. The first-order valence-electron chi connectivity index (χ1n) is 11.4. The predicted octanol–water partition coefficient (Wildman–Crippen LogP) is 6.34. The van der Waals surface area contributed by atoms with Crippen LogP contribution in [-0.2, 0) is 0 Å². The number of carbonyl (C=O) groups is 2. The minimum atomic E-state index is -0.181. The number of rotatable bonds is 7. The maximum atomic E-state index is 13.3. The first-order valence-corrected chi connectivity index (χ1v) is 11.4. The van der Waals surface area contributed by atoms with E-state index in [1.165, 1.54) is 0 Å². The molecule has 4 nitrogen and oxygen atoms in total. The third-order valence-corrected chi connectivity index (χ3v) is 5.93. The summed E-state index contributed by atoms with van der Waals surface area (Å²) in [5, 5.41) is 6.17. The van der Waals surface area contributed by atoms with Crippen LogP contribution >= 0.6 is 0 Å². The molecule has 0 fully saturated rings. The molecule has 0 aliphatic rings. The van der Waals surface area contributed by atoms with E-state index in [9.17, 15) is 9.59 Å². The van der Waals surface area contributed by atoms with Crippen molar-refractivity contribution in [1.29, 1.82) is 0 Å². The Morgan fingerprint density at radius 2 is 0.824 bits per heavy atom. The van der Waals surface area contributed by atoms with Crippen LogP contribution in [0.3, 0.4) is 0 Å². The van der Waals surface area contributed by atoms with Crippen LogP contribution in [0.2, 0.25) is 0 Å². The molecule has 2 atom stereocenters. The zero-order valence-corrected chi connectivity index (χ0v) is 19.4. The second-order valence-electron chi connectivity index (χ2n) is 8.30. The normalized spacial score (nSPS) is 12.4. The summed E-state index contributed by atoms with van der Waals surface area (Å²) in [5.41, 5.74) is 4.56. The summed E-state index contributed by atoms with van der Waals surface area (Å²) >= 11 is 0. The van der Waals surface area contributed by atoms with E-state index in [2.05, 4.69) is 10.6 Å². The van der Waals surface area contributed by atoms with Crippen molar-refractivity contribution >= 4 is 11.8 Å². The van der Waals surface area contributed by atoms with Crippen molar-refractivity contribution in [3.8, 4) is 11.1 Å². The zero-order valence-electron chi connectivity index (χ0n) is 19.4. The third kappa shape index (κ3) is 5.24. The molecule has 4 heteroatoms. The van der Waals surface area contributed by atoms with Gasteiger partial charge in [0.1, 0.15) is 0 Å². The first kappa shape index (κ1) is 23.0. The standard InChI is InChI=1S/C30H28N2O2/c1-21(23-13-5-3-6-14-23)31-29(33)27-19-11-9-17-25(27)26-18-10-12-20-28(26)30(34)32-22(2)24-15-7-4-8-16-24/h3-22H,1-2H3,(H,31,33)(H,32,34). The molecule has 4 rings (SSSR count). The average molecular weight is 449 g/mol. The third-order valence-electron chi connectivity index (χ3n) is 5.93. The summed E-state index contributed by atoms with van der Waals surface area (Å²) in [4.78, 5) is 26.5. The summed E-state index contributed by atoms with van der Waals surface area (Å²) in [6, 6.07) is 34.2. The van der Waals surface area contributed by atoms with Gasteiger partial charge in [0.25, 0.3) is 11.8 Å². The van der Waals surface area contributed by atoms with Gasteiger partial charge in [-0.05, 0) is 48.2 Å². The van der Waals surface area contributed by atoms with E-state index in [4.69, 9.17) is 0 Å². The van der Waals surface area contributed by atoms with Crippen LogP contribution in [0.5, 0.6) is 0 Å². The van der Waals surface area contributed by atoms with E-state index in [1.807, 2.05) is 111 Å². The molecule has 0 aliphatic heterocycles. The lowest BCUT2D eigenvalue weighted by atomic mass is 9.94. The summed E-state index contributed by atoms with van der Waals surface area (Å²) in [6.45, 7) is 3.92. The van der Waals surface area contributed by atoms with Crippen molar-refractivity contribution in [2.75, 3.05) is 0 Å². The monoisotopic (exact) mass is 448 g/mol. The van der Waals surface area contributed by atoms with E-state index in [0.29, 0.717) is 11.1 Å². The van der Waals surface area contributed by atoms with Gasteiger partial charge in [-0.15, -0.1) is 0 Å². The van der Waals surface area contributed by atoms with Crippen molar-refractivity contribution in [2.45, 2.75) is 25.9 Å². The number of hydrogen-bond acceptors (Lipinski definition) is 2. The summed E-state index contributed by atoms with van der Waals surface area (Å²) in [7, 11) is 0. The summed E-state index contributed by atoms with van der Waals surface area (Å²) < 4.78 is 0. The fourth-order valence-electron chi connectivity index (χ4n) is 4.03. The second-order valence-corrected chi connectivity index (χ2v) is 8.30. The number of carbonyl (C=O) groups excluding carboxylic acids is 2. The van der Waals surface area contributed by atoms with Gasteiger partial charge in [0.05, 0.1) is 12.1 Å². The van der Waals surface area contributed by atoms with Crippen molar-refractivity contribution in [3.63, 3.8) is 0 Å². The molecule has 0 heterocycles. The number of amides is 2. The summed E-state index contributed by atoms with van der Waals surface area (Å²) in [6.07, 6.45) is 0. The molecule has 0 spiro atoms. The zero-order chi connectivity index (χ0) is 23.9. The number of benzene rings is 4.